The Labute approximate surface area is 174 Å². The first kappa shape index (κ1) is 20.9. The Bertz CT molecular complexity index is 931. The lowest BCUT2D eigenvalue weighted by Gasteiger charge is -2.14. The molecule has 8 heteroatoms. The number of tetrazole rings is 1. The summed E-state index contributed by atoms with van der Waals surface area (Å²) in [7, 11) is 1.60. The Kier molecular flexibility index (Phi) is 7.66. The van der Waals surface area contributed by atoms with E-state index in [2.05, 4.69) is 15.5 Å². The lowest BCUT2D eigenvalue weighted by molar-refractivity contribution is 0.124. The number of methoxy groups -OCH3 is 1. The molecular weight excluding hydrogens is 388 g/mol. The van der Waals surface area contributed by atoms with Crippen LogP contribution in [0, 0.1) is 0 Å². The van der Waals surface area contributed by atoms with Gasteiger partial charge in [-0.25, -0.2) is 4.68 Å². The van der Waals surface area contributed by atoms with Crippen LogP contribution in [0.5, 0.6) is 11.5 Å². The van der Waals surface area contributed by atoms with Crippen molar-refractivity contribution in [2.75, 3.05) is 19.5 Å². The second kappa shape index (κ2) is 10.6. The van der Waals surface area contributed by atoms with Gasteiger partial charge in [-0.3, -0.25) is 0 Å². The first-order valence-corrected chi connectivity index (χ1v) is 10.2. The summed E-state index contributed by atoms with van der Waals surface area (Å²) in [5.41, 5.74) is 2.14. The zero-order valence-electron chi connectivity index (χ0n) is 16.4. The zero-order valence-corrected chi connectivity index (χ0v) is 17.2. The third-order valence-electron chi connectivity index (χ3n) is 4.06. The Balaban J connectivity index is 1.52. The van der Waals surface area contributed by atoms with E-state index < -0.39 is 6.10 Å². The normalized spacial score (nSPS) is 12.2. The number of benzene rings is 2. The van der Waals surface area contributed by atoms with Crippen LogP contribution in [0.1, 0.15) is 18.1 Å². The summed E-state index contributed by atoms with van der Waals surface area (Å²) in [5.74, 6) is 1.64. The second-order valence-corrected chi connectivity index (χ2v) is 7.28. The maximum absolute atomic E-state index is 10.3. The number of hydrogen-bond acceptors (Lipinski definition) is 7. The Morgan fingerprint density at radius 3 is 2.76 bits per heavy atom. The van der Waals surface area contributed by atoms with E-state index in [1.165, 1.54) is 11.8 Å². The van der Waals surface area contributed by atoms with Crippen molar-refractivity contribution in [3.63, 3.8) is 0 Å². The van der Waals surface area contributed by atoms with Crippen LogP contribution in [-0.2, 0) is 6.54 Å². The number of aliphatic hydroxyl groups excluding tert-OH is 1. The van der Waals surface area contributed by atoms with E-state index in [4.69, 9.17) is 9.47 Å². The number of aromatic nitrogens is 4. The van der Waals surface area contributed by atoms with Crippen LogP contribution in [0.4, 0.5) is 0 Å². The van der Waals surface area contributed by atoms with Crippen molar-refractivity contribution in [2.24, 2.45) is 0 Å². The second-order valence-electron chi connectivity index (χ2n) is 6.29. The monoisotopic (exact) mass is 412 g/mol. The van der Waals surface area contributed by atoms with Gasteiger partial charge in [-0.2, -0.15) is 0 Å². The molecule has 0 radical (unpaired) electrons. The van der Waals surface area contributed by atoms with Gasteiger partial charge in [0.1, 0.15) is 6.61 Å². The number of aliphatic hydroxyl groups is 1. The van der Waals surface area contributed by atoms with Gasteiger partial charge in [0.15, 0.2) is 11.5 Å². The van der Waals surface area contributed by atoms with Gasteiger partial charge < -0.3 is 14.6 Å². The molecule has 0 saturated heterocycles. The Morgan fingerprint density at radius 2 is 2.00 bits per heavy atom. The maximum atomic E-state index is 10.3. The quantitative estimate of drug-likeness (QED) is 0.512. The Morgan fingerprint density at radius 1 is 1.17 bits per heavy atom. The highest BCUT2D eigenvalue weighted by Crippen LogP contribution is 2.29. The van der Waals surface area contributed by atoms with Crippen molar-refractivity contribution in [3.8, 4) is 11.5 Å². The molecule has 1 atom stereocenters. The molecule has 152 valence electrons. The van der Waals surface area contributed by atoms with Crippen molar-refractivity contribution in [3.05, 3.63) is 65.7 Å². The fraction of sp³-hybridized carbons (Fsp3) is 0.286. The van der Waals surface area contributed by atoms with Crippen LogP contribution >= 0.6 is 11.8 Å². The molecule has 1 heterocycles. The largest absolute Gasteiger partial charge is 0.493 e. The van der Waals surface area contributed by atoms with Crippen LogP contribution in [0.2, 0.25) is 0 Å². The highest BCUT2D eigenvalue weighted by molar-refractivity contribution is 7.99. The van der Waals surface area contributed by atoms with Gasteiger partial charge in [-0.1, -0.05) is 60.3 Å². The van der Waals surface area contributed by atoms with Crippen molar-refractivity contribution in [1.82, 2.24) is 20.2 Å². The fourth-order valence-electron chi connectivity index (χ4n) is 2.66. The van der Waals surface area contributed by atoms with Crippen LogP contribution < -0.4 is 9.47 Å². The third kappa shape index (κ3) is 6.07. The van der Waals surface area contributed by atoms with Crippen molar-refractivity contribution in [1.29, 1.82) is 0 Å². The molecule has 3 aromatic rings. The van der Waals surface area contributed by atoms with Crippen LogP contribution in [0.3, 0.4) is 0 Å². The summed E-state index contributed by atoms with van der Waals surface area (Å²) in [6.45, 7) is 2.69. The lowest BCUT2D eigenvalue weighted by Crippen LogP contribution is -2.20. The molecule has 0 bridgehead atoms. The summed E-state index contributed by atoms with van der Waals surface area (Å²) in [6.07, 6.45) is 3.26. The van der Waals surface area contributed by atoms with E-state index in [9.17, 15) is 5.11 Å². The first-order valence-electron chi connectivity index (χ1n) is 9.24. The molecule has 1 unspecified atom stereocenters. The standard InChI is InChI=1S/C21H24N4O3S/c1-3-7-16-10-11-19(20(12-16)27-2)28-14-18(26)15-29-21-22-23-24-25(21)13-17-8-5-4-6-9-17/h3-12,18,26H,13-15H2,1-2H3/b7-3+. The van der Waals surface area contributed by atoms with E-state index in [1.807, 2.05) is 67.6 Å². The van der Waals surface area contributed by atoms with E-state index >= 15 is 0 Å². The fourth-order valence-corrected chi connectivity index (χ4v) is 3.44. The van der Waals surface area contributed by atoms with E-state index in [1.54, 1.807) is 11.8 Å². The number of ether oxygens (including phenoxy) is 2. The number of nitrogens with zero attached hydrogens (tertiary/aromatic N) is 4. The van der Waals surface area contributed by atoms with Gasteiger partial charge >= 0.3 is 0 Å². The number of thioether (sulfide) groups is 1. The molecule has 0 amide bonds. The number of hydrogen-bond donors (Lipinski definition) is 1. The van der Waals surface area contributed by atoms with Gasteiger partial charge in [0, 0.05) is 5.75 Å². The smallest absolute Gasteiger partial charge is 0.209 e. The molecule has 0 fully saturated rings. The van der Waals surface area contributed by atoms with Gasteiger partial charge in [0.25, 0.3) is 0 Å². The molecule has 3 rings (SSSR count). The van der Waals surface area contributed by atoms with Gasteiger partial charge in [-0.15, -0.1) is 5.10 Å². The van der Waals surface area contributed by atoms with Crippen LogP contribution in [-0.4, -0.2) is 50.9 Å². The molecule has 2 aromatic carbocycles. The highest BCUT2D eigenvalue weighted by atomic mass is 32.2. The van der Waals surface area contributed by atoms with Gasteiger partial charge in [-0.05, 0) is 40.6 Å². The van der Waals surface area contributed by atoms with Crippen molar-refractivity contribution >= 4 is 17.8 Å². The van der Waals surface area contributed by atoms with Gasteiger partial charge in [0.05, 0.1) is 19.8 Å². The van der Waals surface area contributed by atoms with E-state index in [0.717, 1.165) is 11.1 Å². The number of allylic oxidation sites excluding steroid dienone is 1. The minimum Gasteiger partial charge on any atom is -0.493 e. The zero-order chi connectivity index (χ0) is 20.5. The first-order chi connectivity index (χ1) is 14.2. The summed E-state index contributed by atoms with van der Waals surface area (Å²) in [6, 6.07) is 15.7. The summed E-state index contributed by atoms with van der Waals surface area (Å²) < 4.78 is 12.8. The predicted molar refractivity (Wildman–Crippen MR) is 113 cm³/mol. The molecule has 1 N–H and O–H groups in total. The molecule has 1 aromatic heterocycles. The highest BCUT2D eigenvalue weighted by Gasteiger charge is 2.13. The molecule has 7 nitrogen and oxygen atoms in total. The Hall–Kier alpha value is -2.84. The topological polar surface area (TPSA) is 82.3 Å². The number of rotatable bonds is 10. The minimum atomic E-state index is -0.679. The molecule has 29 heavy (non-hydrogen) atoms. The summed E-state index contributed by atoms with van der Waals surface area (Å²) >= 11 is 1.39. The lowest BCUT2D eigenvalue weighted by atomic mass is 10.2. The van der Waals surface area contributed by atoms with E-state index in [-0.39, 0.29) is 6.61 Å². The summed E-state index contributed by atoms with van der Waals surface area (Å²) in [5, 5.41) is 22.8. The predicted octanol–water partition coefficient (Wildman–Crippen LogP) is 3.30. The molecular formula is C21H24N4O3S. The average Bonchev–Trinajstić information content (AvgIpc) is 3.19. The maximum Gasteiger partial charge on any atom is 0.209 e. The molecule has 0 aliphatic heterocycles. The SMILES string of the molecule is C/C=C/c1ccc(OCC(O)CSc2nnnn2Cc2ccccc2)c(OC)c1. The van der Waals surface area contributed by atoms with Crippen molar-refractivity contribution in [2.45, 2.75) is 24.7 Å². The van der Waals surface area contributed by atoms with Gasteiger partial charge in [0.2, 0.25) is 5.16 Å². The van der Waals surface area contributed by atoms with Crippen LogP contribution in [0.15, 0.2) is 59.8 Å². The van der Waals surface area contributed by atoms with Crippen molar-refractivity contribution < 1.29 is 14.6 Å². The molecule has 0 aliphatic carbocycles. The molecule has 0 spiro atoms. The average molecular weight is 413 g/mol. The molecule has 0 aliphatic rings. The molecule has 0 saturated carbocycles. The van der Waals surface area contributed by atoms with E-state index in [0.29, 0.717) is 29.0 Å². The third-order valence-corrected chi connectivity index (χ3v) is 5.16. The minimum absolute atomic E-state index is 0.145. The summed E-state index contributed by atoms with van der Waals surface area (Å²) in [4.78, 5) is 0. The van der Waals surface area contributed by atoms with Crippen LogP contribution in [0.25, 0.3) is 6.08 Å².